The Morgan fingerprint density at radius 1 is 0.955 bits per heavy atom. The molecule has 2 saturated carbocycles. The molecular weight excluding hydrogens is 560 g/mol. The van der Waals surface area contributed by atoms with Gasteiger partial charge in [0.1, 0.15) is 5.75 Å². The van der Waals surface area contributed by atoms with Gasteiger partial charge in [-0.05, 0) is 72.3 Å². The number of carbonyl (C=O) groups excluding carboxylic acids is 3. The Hall–Kier alpha value is -4.08. The van der Waals surface area contributed by atoms with Crippen LogP contribution in [0, 0.1) is 35.5 Å². The summed E-state index contributed by atoms with van der Waals surface area (Å²) in [6.07, 6.45) is 2.48. The number of rotatable bonds is 7. The van der Waals surface area contributed by atoms with Crippen LogP contribution in [0.5, 0.6) is 5.75 Å². The minimum absolute atomic E-state index is 0.00923. The first-order valence-electron chi connectivity index (χ1n) is 15.5. The third-order valence-electron chi connectivity index (χ3n) is 10.8. The topological polar surface area (TPSA) is 128 Å². The number of para-hydroxylation sites is 1. The SMILES string of the molecule is COc1cc(CC(=O)N2CCCN(C(=O)C3C(C(=O)O)C4CCC3(C)C4(C)C)CC2)ccc1NC(=O)Nc1ccccc1C. The van der Waals surface area contributed by atoms with Crippen LogP contribution in [0.2, 0.25) is 0 Å². The molecule has 2 aromatic rings. The summed E-state index contributed by atoms with van der Waals surface area (Å²) in [5, 5.41) is 15.8. The lowest BCUT2D eigenvalue weighted by molar-refractivity contribution is -0.155. The number of methoxy groups -OCH3 is 1. The van der Waals surface area contributed by atoms with Crippen LogP contribution in [-0.2, 0) is 20.8 Å². The van der Waals surface area contributed by atoms with Crippen molar-refractivity contribution in [1.82, 2.24) is 9.80 Å². The second-order valence-electron chi connectivity index (χ2n) is 13.3. The largest absolute Gasteiger partial charge is 0.495 e. The van der Waals surface area contributed by atoms with Gasteiger partial charge in [-0.1, -0.05) is 45.0 Å². The number of nitrogens with zero attached hydrogens (tertiary/aromatic N) is 2. The van der Waals surface area contributed by atoms with Gasteiger partial charge in [-0.3, -0.25) is 14.4 Å². The van der Waals surface area contributed by atoms with E-state index in [2.05, 4.69) is 31.4 Å². The van der Waals surface area contributed by atoms with E-state index in [1.807, 2.05) is 31.2 Å². The maximum Gasteiger partial charge on any atom is 0.323 e. The highest BCUT2D eigenvalue weighted by atomic mass is 16.5. The molecule has 1 saturated heterocycles. The summed E-state index contributed by atoms with van der Waals surface area (Å²) in [6, 6.07) is 12.4. The van der Waals surface area contributed by atoms with Gasteiger partial charge in [0.25, 0.3) is 0 Å². The number of aliphatic carboxylic acids is 1. The molecular formula is C34H44N4O6. The molecule has 10 nitrogen and oxygen atoms in total. The average Bonchev–Trinajstić information content (AvgIpc) is 3.18. The Labute approximate surface area is 259 Å². The lowest BCUT2D eigenvalue weighted by Crippen LogP contribution is -2.48. The number of carbonyl (C=O) groups is 4. The van der Waals surface area contributed by atoms with E-state index in [0.29, 0.717) is 49.7 Å². The fourth-order valence-electron chi connectivity index (χ4n) is 7.92. The zero-order chi connectivity index (χ0) is 31.8. The average molecular weight is 605 g/mol. The number of carboxylic acid groups (broad SMARTS) is 1. The van der Waals surface area contributed by atoms with Crippen molar-refractivity contribution in [2.24, 2.45) is 28.6 Å². The number of nitrogens with one attached hydrogen (secondary N) is 2. The van der Waals surface area contributed by atoms with Gasteiger partial charge in [0.2, 0.25) is 11.8 Å². The zero-order valence-corrected chi connectivity index (χ0v) is 26.3. The molecule has 2 bridgehead atoms. The van der Waals surface area contributed by atoms with Crippen molar-refractivity contribution in [3.05, 3.63) is 53.6 Å². The molecule has 3 fully saturated rings. The lowest BCUT2D eigenvalue weighted by Gasteiger charge is -2.41. The number of ether oxygens (including phenoxy) is 1. The van der Waals surface area contributed by atoms with Gasteiger partial charge in [-0.15, -0.1) is 0 Å². The quantitative estimate of drug-likeness (QED) is 0.407. The van der Waals surface area contributed by atoms with Crippen molar-refractivity contribution in [2.45, 2.75) is 53.4 Å². The van der Waals surface area contributed by atoms with Crippen LogP contribution in [0.25, 0.3) is 0 Å². The number of carboxylic acids is 1. The Morgan fingerprint density at radius 3 is 2.34 bits per heavy atom. The molecule has 1 aliphatic heterocycles. The maximum atomic E-state index is 13.9. The van der Waals surface area contributed by atoms with E-state index in [1.165, 1.54) is 7.11 Å². The summed E-state index contributed by atoms with van der Waals surface area (Å²) in [4.78, 5) is 55.8. The molecule has 10 heteroatoms. The second kappa shape index (κ2) is 12.1. The number of urea groups is 1. The number of benzene rings is 2. The number of amides is 4. The second-order valence-corrected chi connectivity index (χ2v) is 13.3. The molecule has 0 aromatic heterocycles. The normalized spacial score (nSPS) is 25.7. The Balaban J connectivity index is 1.20. The van der Waals surface area contributed by atoms with E-state index < -0.39 is 23.8 Å². The van der Waals surface area contributed by atoms with Crippen molar-refractivity contribution in [1.29, 1.82) is 0 Å². The number of fused-ring (bicyclic) bond motifs is 2. The van der Waals surface area contributed by atoms with Crippen LogP contribution < -0.4 is 15.4 Å². The van der Waals surface area contributed by atoms with Crippen molar-refractivity contribution in [2.75, 3.05) is 43.9 Å². The highest BCUT2D eigenvalue weighted by molar-refractivity contribution is 6.01. The molecule has 2 aromatic carbocycles. The monoisotopic (exact) mass is 604 g/mol. The van der Waals surface area contributed by atoms with Crippen LogP contribution in [0.3, 0.4) is 0 Å². The third-order valence-corrected chi connectivity index (χ3v) is 10.8. The van der Waals surface area contributed by atoms with Crippen LogP contribution in [0.1, 0.15) is 51.2 Å². The Bertz CT molecular complexity index is 1460. The Kier molecular flexibility index (Phi) is 8.64. The van der Waals surface area contributed by atoms with Crippen LogP contribution in [-0.4, -0.2) is 72.0 Å². The minimum Gasteiger partial charge on any atom is -0.495 e. The fourth-order valence-corrected chi connectivity index (χ4v) is 7.92. The minimum atomic E-state index is -0.875. The molecule has 3 N–H and O–H groups in total. The number of aryl methyl sites for hydroxylation is 1. The van der Waals surface area contributed by atoms with Crippen molar-refractivity contribution >= 4 is 35.2 Å². The van der Waals surface area contributed by atoms with Crippen molar-refractivity contribution in [3.8, 4) is 5.75 Å². The van der Waals surface area contributed by atoms with E-state index in [1.54, 1.807) is 28.0 Å². The van der Waals surface area contributed by atoms with Crippen LogP contribution >= 0.6 is 0 Å². The van der Waals surface area contributed by atoms with Gasteiger partial charge in [0, 0.05) is 31.9 Å². The summed E-state index contributed by atoms with van der Waals surface area (Å²) < 4.78 is 5.51. The fraction of sp³-hybridized carbons (Fsp3) is 0.529. The summed E-state index contributed by atoms with van der Waals surface area (Å²) in [7, 11) is 1.51. The molecule has 0 radical (unpaired) electrons. The van der Waals surface area contributed by atoms with Crippen LogP contribution in [0.15, 0.2) is 42.5 Å². The first kappa shape index (κ1) is 31.3. The number of anilines is 2. The smallest absolute Gasteiger partial charge is 0.323 e. The lowest BCUT2D eigenvalue weighted by atomic mass is 9.65. The van der Waals surface area contributed by atoms with E-state index in [0.717, 1.165) is 24.0 Å². The molecule has 4 unspecified atom stereocenters. The van der Waals surface area contributed by atoms with Crippen molar-refractivity contribution in [3.63, 3.8) is 0 Å². The Morgan fingerprint density at radius 2 is 1.64 bits per heavy atom. The summed E-state index contributed by atoms with van der Waals surface area (Å²) in [5.41, 5.74) is 2.30. The van der Waals surface area contributed by atoms with E-state index in [9.17, 15) is 24.3 Å². The molecule has 4 atom stereocenters. The highest BCUT2D eigenvalue weighted by Crippen LogP contribution is 2.70. The van der Waals surface area contributed by atoms with E-state index >= 15 is 0 Å². The summed E-state index contributed by atoms with van der Waals surface area (Å²) in [5.74, 6) is -1.80. The molecule has 0 spiro atoms. The predicted molar refractivity (Wildman–Crippen MR) is 168 cm³/mol. The van der Waals surface area contributed by atoms with Gasteiger partial charge in [-0.25, -0.2) is 4.79 Å². The molecule has 5 rings (SSSR count). The zero-order valence-electron chi connectivity index (χ0n) is 26.3. The molecule has 2 aliphatic carbocycles. The molecule has 44 heavy (non-hydrogen) atoms. The van der Waals surface area contributed by atoms with Crippen LogP contribution in [0.4, 0.5) is 16.2 Å². The summed E-state index contributed by atoms with van der Waals surface area (Å²) in [6.45, 7) is 10.1. The van der Waals surface area contributed by atoms with Gasteiger partial charge in [0.05, 0.1) is 31.1 Å². The number of hydrogen-bond acceptors (Lipinski definition) is 5. The maximum absolute atomic E-state index is 13.9. The first-order chi connectivity index (χ1) is 20.9. The van der Waals surface area contributed by atoms with Gasteiger partial charge in [-0.2, -0.15) is 0 Å². The third kappa shape index (κ3) is 5.62. The van der Waals surface area contributed by atoms with E-state index in [-0.39, 0.29) is 35.0 Å². The van der Waals surface area contributed by atoms with Gasteiger partial charge in [0.15, 0.2) is 0 Å². The number of hydrogen-bond donors (Lipinski definition) is 3. The molecule has 4 amide bonds. The van der Waals surface area contributed by atoms with Gasteiger partial charge < -0.3 is 30.3 Å². The summed E-state index contributed by atoms with van der Waals surface area (Å²) >= 11 is 0. The van der Waals surface area contributed by atoms with Gasteiger partial charge >= 0.3 is 12.0 Å². The van der Waals surface area contributed by atoms with Crippen molar-refractivity contribution < 1.29 is 29.0 Å². The van der Waals surface area contributed by atoms with E-state index in [4.69, 9.17) is 4.74 Å². The molecule has 236 valence electrons. The first-order valence-corrected chi connectivity index (χ1v) is 15.5. The molecule has 1 heterocycles. The molecule has 3 aliphatic rings. The predicted octanol–water partition coefficient (Wildman–Crippen LogP) is 5.02. The standard InChI is InChI=1S/C34H44N4O6/c1-21-9-6-7-10-24(21)35-32(43)36-25-12-11-22(19-26(25)44-5)20-27(39)37-15-8-16-38(18-17-37)30(40)29-28(31(41)42)23-13-14-34(29,4)33(23,2)3/h6-7,9-12,19,23,28-29H,8,13-18,20H2,1-5H3,(H,41,42)(H2,35,36,43). The highest BCUT2D eigenvalue weighted by Gasteiger charge is 2.70.